The van der Waals surface area contributed by atoms with Crippen LogP contribution in [0.4, 0.5) is 29.3 Å². The molecule has 3 N–H and O–H groups in total. The van der Waals surface area contributed by atoms with E-state index in [-0.39, 0.29) is 6.42 Å². The molecule has 0 spiro atoms. The molecule has 144 valence electrons. The van der Waals surface area contributed by atoms with E-state index in [2.05, 4.69) is 10.6 Å². The highest BCUT2D eigenvalue weighted by Crippen LogP contribution is 2.23. The Morgan fingerprint density at radius 2 is 1.67 bits per heavy atom. The molecule has 0 saturated heterocycles. The number of nitrogens with one attached hydrogen (secondary N) is 3. The Morgan fingerprint density at radius 1 is 1.00 bits per heavy atom. The van der Waals surface area contributed by atoms with Crippen molar-refractivity contribution < 1.29 is 27.5 Å². The third-order valence-electron chi connectivity index (χ3n) is 3.42. The lowest BCUT2D eigenvalue weighted by molar-refractivity contribution is -0.138. The number of methoxy groups -OCH3 is 1. The maximum atomic E-state index is 12.1. The van der Waals surface area contributed by atoms with Crippen LogP contribution < -0.4 is 20.7 Å². The topological polar surface area (TPSA) is 79.5 Å². The molecule has 3 amide bonds. The van der Waals surface area contributed by atoms with Gasteiger partial charge in [0.1, 0.15) is 12.3 Å². The SMILES string of the molecule is COc1ccccc1NC(=O)Nc1ccc(CC(=O)NCC(F)(F)F)cc1. The lowest BCUT2D eigenvalue weighted by atomic mass is 10.1. The van der Waals surface area contributed by atoms with Crippen LogP contribution in [0.15, 0.2) is 48.5 Å². The number of ether oxygens (including phenoxy) is 1. The zero-order valence-electron chi connectivity index (χ0n) is 14.4. The van der Waals surface area contributed by atoms with Gasteiger partial charge in [0.15, 0.2) is 0 Å². The molecule has 0 heterocycles. The van der Waals surface area contributed by atoms with Gasteiger partial charge in [-0.25, -0.2) is 4.79 Å². The first kappa shape index (κ1) is 20.1. The summed E-state index contributed by atoms with van der Waals surface area (Å²) < 4.78 is 41.3. The van der Waals surface area contributed by atoms with Crippen molar-refractivity contribution in [3.05, 3.63) is 54.1 Å². The number of hydrogen-bond donors (Lipinski definition) is 3. The van der Waals surface area contributed by atoms with Crippen molar-refractivity contribution in [2.75, 3.05) is 24.3 Å². The number of para-hydroxylation sites is 2. The molecule has 2 aromatic carbocycles. The number of carbonyl (C=O) groups is 2. The first-order valence-electron chi connectivity index (χ1n) is 7.90. The van der Waals surface area contributed by atoms with E-state index in [0.717, 1.165) is 0 Å². The van der Waals surface area contributed by atoms with Gasteiger partial charge in [0, 0.05) is 5.69 Å². The molecule has 0 saturated carbocycles. The minimum absolute atomic E-state index is 0.191. The van der Waals surface area contributed by atoms with Crippen LogP contribution in [-0.4, -0.2) is 31.8 Å². The molecule has 2 aromatic rings. The quantitative estimate of drug-likeness (QED) is 0.716. The molecule has 0 bridgehead atoms. The number of hydrogen-bond acceptors (Lipinski definition) is 3. The van der Waals surface area contributed by atoms with Crippen LogP contribution in [0, 0.1) is 0 Å². The van der Waals surface area contributed by atoms with Crippen molar-refractivity contribution in [2.24, 2.45) is 0 Å². The Hall–Kier alpha value is -3.23. The van der Waals surface area contributed by atoms with E-state index >= 15 is 0 Å². The average Bonchev–Trinajstić information content (AvgIpc) is 2.61. The molecular formula is C18H18F3N3O3. The summed E-state index contributed by atoms with van der Waals surface area (Å²) in [6.07, 6.45) is -4.64. The van der Waals surface area contributed by atoms with Crippen LogP contribution in [0.2, 0.25) is 0 Å². The van der Waals surface area contributed by atoms with Gasteiger partial charge in [-0.15, -0.1) is 0 Å². The van der Waals surface area contributed by atoms with E-state index in [1.807, 2.05) is 0 Å². The summed E-state index contributed by atoms with van der Waals surface area (Å²) in [4.78, 5) is 23.5. The van der Waals surface area contributed by atoms with E-state index < -0.39 is 24.7 Å². The predicted molar refractivity (Wildman–Crippen MR) is 94.8 cm³/mol. The van der Waals surface area contributed by atoms with E-state index in [0.29, 0.717) is 22.7 Å². The molecule has 0 aliphatic heterocycles. The number of rotatable bonds is 6. The van der Waals surface area contributed by atoms with Gasteiger partial charge in [-0.2, -0.15) is 13.2 Å². The Morgan fingerprint density at radius 3 is 2.30 bits per heavy atom. The van der Waals surface area contributed by atoms with Crippen LogP contribution in [0.1, 0.15) is 5.56 Å². The summed E-state index contributed by atoms with van der Waals surface area (Å²) in [5.74, 6) is -0.227. The monoisotopic (exact) mass is 381 g/mol. The fourth-order valence-corrected chi connectivity index (χ4v) is 2.19. The maximum absolute atomic E-state index is 12.1. The smallest absolute Gasteiger partial charge is 0.405 e. The highest BCUT2D eigenvalue weighted by Gasteiger charge is 2.27. The van der Waals surface area contributed by atoms with Crippen molar-refractivity contribution in [2.45, 2.75) is 12.6 Å². The first-order chi connectivity index (χ1) is 12.8. The number of carbonyl (C=O) groups excluding carboxylic acids is 2. The molecule has 0 radical (unpaired) electrons. The van der Waals surface area contributed by atoms with Crippen LogP contribution in [0.3, 0.4) is 0 Å². The molecule has 0 atom stereocenters. The molecule has 0 fully saturated rings. The van der Waals surface area contributed by atoms with E-state index in [4.69, 9.17) is 4.74 Å². The zero-order chi connectivity index (χ0) is 19.9. The number of anilines is 2. The van der Waals surface area contributed by atoms with Crippen molar-refractivity contribution in [1.29, 1.82) is 0 Å². The lowest BCUT2D eigenvalue weighted by Gasteiger charge is -2.11. The minimum Gasteiger partial charge on any atom is -0.495 e. The van der Waals surface area contributed by atoms with Gasteiger partial charge < -0.3 is 20.7 Å². The van der Waals surface area contributed by atoms with Gasteiger partial charge in [-0.3, -0.25) is 4.79 Å². The van der Waals surface area contributed by atoms with E-state index in [1.54, 1.807) is 53.8 Å². The van der Waals surface area contributed by atoms with Gasteiger partial charge in [0.25, 0.3) is 0 Å². The Balaban J connectivity index is 1.88. The molecule has 0 unspecified atom stereocenters. The van der Waals surface area contributed by atoms with Crippen LogP contribution in [0.25, 0.3) is 0 Å². The molecule has 2 rings (SSSR count). The van der Waals surface area contributed by atoms with Gasteiger partial charge in [-0.1, -0.05) is 24.3 Å². The summed E-state index contributed by atoms with van der Waals surface area (Å²) in [5.41, 5.74) is 1.47. The van der Waals surface area contributed by atoms with Crippen LogP contribution in [-0.2, 0) is 11.2 Å². The first-order valence-corrected chi connectivity index (χ1v) is 7.90. The van der Waals surface area contributed by atoms with Gasteiger partial charge in [0.05, 0.1) is 19.2 Å². The summed E-state index contributed by atoms with van der Waals surface area (Å²) in [5, 5.41) is 7.05. The number of benzene rings is 2. The predicted octanol–water partition coefficient (Wildman–Crippen LogP) is 3.56. The minimum atomic E-state index is -4.45. The maximum Gasteiger partial charge on any atom is 0.405 e. The zero-order valence-corrected chi connectivity index (χ0v) is 14.4. The van der Waals surface area contributed by atoms with E-state index in [9.17, 15) is 22.8 Å². The molecule has 27 heavy (non-hydrogen) atoms. The van der Waals surface area contributed by atoms with E-state index in [1.165, 1.54) is 7.11 Å². The van der Waals surface area contributed by atoms with Crippen LogP contribution >= 0.6 is 0 Å². The summed E-state index contributed by atoms with van der Waals surface area (Å²) in [6.45, 7) is -1.37. The van der Waals surface area contributed by atoms with Crippen molar-refractivity contribution >= 4 is 23.3 Å². The molecule has 9 heteroatoms. The fraction of sp³-hybridized carbons (Fsp3) is 0.222. The van der Waals surface area contributed by atoms with Gasteiger partial charge in [0.2, 0.25) is 5.91 Å². The van der Waals surface area contributed by atoms with Crippen molar-refractivity contribution in [1.82, 2.24) is 5.32 Å². The third-order valence-corrected chi connectivity index (χ3v) is 3.42. The largest absolute Gasteiger partial charge is 0.495 e. The second-order valence-corrected chi connectivity index (χ2v) is 5.55. The fourth-order valence-electron chi connectivity index (χ4n) is 2.19. The number of urea groups is 1. The molecule has 0 aromatic heterocycles. The summed E-state index contributed by atoms with van der Waals surface area (Å²) in [7, 11) is 1.49. The normalized spacial score (nSPS) is 10.8. The van der Waals surface area contributed by atoms with Crippen molar-refractivity contribution in [3.63, 3.8) is 0 Å². The Kier molecular flexibility index (Phi) is 6.64. The standard InChI is InChI=1S/C18H18F3N3O3/c1-27-15-5-3-2-4-14(15)24-17(26)23-13-8-6-12(7-9-13)10-16(25)22-11-18(19,20)21/h2-9H,10-11H2,1H3,(H,22,25)(H2,23,24,26). The second-order valence-electron chi connectivity index (χ2n) is 5.55. The molecule has 0 aliphatic rings. The number of halogens is 3. The van der Waals surface area contributed by atoms with Crippen molar-refractivity contribution in [3.8, 4) is 5.75 Å². The molecule has 0 aliphatic carbocycles. The van der Waals surface area contributed by atoms with Gasteiger partial charge in [-0.05, 0) is 29.8 Å². The summed E-state index contributed by atoms with van der Waals surface area (Å²) >= 11 is 0. The second kappa shape index (κ2) is 8.93. The lowest BCUT2D eigenvalue weighted by Crippen LogP contribution is -2.34. The van der Waals surface area contributed by atoms with Crippen LogP contribution in [0.5, 0.6) is 5.75 Å². The average molecular weight is 381 g/mol. The van der Waals surface area contributed by atoms with Gasteiger partial charge >= 0.3 is 12.2 Å². The summed E-state index contributed by atoms with van der Waals surface area (Å²) in [6, 6.07) is 12.6. The Bertz CT molecular complexity index is 792. The highest BCUT2D eigenvalue weighted by atomic mass is 19.4. The molecular weight excluding hydrogens is 363 g/mol. The number of amides is 3. The highest BCUT2D eigenvalue weighted by molar-refractivity contribution is 6.00. The number of alkyl halides is 3. The third kappa shape index (κ3) is 6.89. The molecule has 6 nitrogen and oxygen atoms in total. The Labute approximate surface area is 153 Å².